The van der Waals surface area contributed by atoms with Crippen LogP contribution in [0.1, 0.15) is 40.3 Å². The molecule has 0 saturated heterocycles. The first-order valence-electron chi connectivity index (χ1n) is 8.75. The molecule has 0 radical (unpaired) electrons. The fraction of sp³-hybridized carbons (Fsp3) is 0.278. The third kappa shape index (κ3) is 3.91. The molecule has 2 aromatic heterocycles. The summed E-state index contributed by atoms with van der Waals surface area (Å²) in [5.74, 6) is -0.304. The van der Waals surface area contributed by atoms with E-state index in [4.69, 9.17) is 16.1 Å². The van der Waals surface area contributed by atoms with Gasteiger partial charge in [0, 0.05) is 17.0 Å². The van der Waals surface area contributed by atoms with Crippen molar-refractivity contribution in [3.05, 3.63) is 56.8 Å². The van der Waals surface area contributed by atoms with Gasteiger partial charge in [-0.2, -0.15) is 18.3 Å². The number of benzene rings is 1. The summed E-state index contributed by atoms with van der Waals surface area (Å²) in [4.78, 5) is 12.5. The minimum atomic E-state index is -4.59. The summed E-state index contributed by atoms with van der Waals surface area (Å²) in [5, 5.41) is 12.7. The van der Waals surface area contributed by atoms with E-state index in [1.54, 1.807) is 31.2 Å². The maximum atomic E-state index is 13.8. The summed E-state index contributed by atoms with van der Waals surface area (Å²) >= 11 is 9.58. The maximum Gasteiger partial charge on any atom is 0.410 e. The van der Waals surface area contributed by atoms with Gasteiger partial charge in [-0.05, 0) is 24.6 Å². The van der Waals surface area contributed by atoms with E-state index in [-0.39, 0.29) is 28.8 Å². The molecule has 0 saturated carbocycles. The Morgan fingerprint density at radius 2 is 2.07 bits per heavy atom. The fourth-order valence-electron chi connectivity index (χ4n) is 3.25. The summed E-state index contributed by atoms with van der Waals surface area (Å²) < 4.78 is 47.8. The van der Waals surface area contributed by atoms with Crippen LogP contribution in [0.5, 0.6) is 0 Å². The average molecular weight is 505 g/mol. The molecule has 3 heterocycles. The fourth-order valence-corrected chi connectivity index (χ4v) is 3.78. The zero-order chi connectivity index (χ0) is 21.6. The molecule has 1 amide bonds. The third-order valence-corrected chi connectivity index (χ3v) is 5.54. The second-order valence-corrected chi connectivity index (χ2v) is 8.07. The molecule has 7 nitrogen and oxygen atoms in total. The normalized spacial score (nSPS) is 18.6. The first-order chi connectivity index (χ1) is 14.1. The van der Waals surface area contributed by atoms with Crippen LogP contribution >= 0.6 is 27.5 Å². The molecule has 0 fully saturated rings. The van der Waals surface area contributed by atoms with E-state index >= 15 is 0 Å². The van der Waals surface area contributed by atoms with Crippen LogP contribution in [0.4, 0.5) is 24.8 Å². The summed E-state index contributed by atoms with van der Waals surface area (Å²) in [6.45, 7) is 1.63. The molecule has 0 spiro atoms. The van der Waals surface area contributed by atoms with Crippen LogP contribution in [0, 0.1) is 6.92 Å². The lowest BCUT2D eigenvalue weighted by molar-refractivity contribution is -0.173. The highest BCUT2D eigenvalue weighted by Crippen LogP contribution is 2.46. The number of hydrogen-bond acceptors (Lipinski definition) is 5. The number of anilines is 2. The van der Waals surface area contributed by atoms with Gasteiger partial charge < -0.3 is 15.2 Å². The van der Waals surface area contributed by atoms with E-state index in [1.807, 2.05) is 0 Å². The Labute approximate surface area is 181 Å². The van der Waals surface area contributed by atoms with Crippen molar-refractivity contribution >= 4 is 45.1 Å². The zero-order valence-electron chi connectivity index (χ0n) is 15.3. The van der Waals surface area contributed by atoms with Gasteiger partial charge in [-0.25, -0.2) is 4.68 Å². The molecule has 2 N–H and O–H groups in total. The highest BCUT2D eigenvalue weighted by molar-refractivity contribution is 9.10. The molecule has 2 unspecified atom stereocenters. The van der Waals surface area contributed by atoms with E-state index in [0.717, 1.165) is 9.15 Å². The number of rotatable bonds is 3. The Balaban J connectivity index is 1.70. The lowest BCUT2D eigenvalue weighted by atomic mass is 9.97. The van der Waals surface area contributed by atoms with Gasteiger partial charge in [0.25, 0.3) is 5.91 Å². The third-order valence-electron chi connectivity index (χ3n) is 4.65. The SMILES string of the molecule is Cc1cc(NC(=O)c2nn3c(c2Cl)NC(c2ccc(Br)cc2)CC3C(F)(F)F)no1. The second-order valence-electron chi connectivity index (χ2n) is 6.77. The minimum absolute atomic E-state index is 0.0698. The molecule has 1 aliphatic heterocycles. The first kappa shape index (κ1) is 20.7. The van der Waals surface area contributed by atoms with Gasteiger partial charge in [0.05, 0.1) is 6.04 Å². The molecule has 2 atom stereocenters. The van der Waals surface area contributed by atoms with Gasteiger partial charge in [0.15, 0.2) is 17.6 Å². The standard InChI is InChI=1S/C18H14BrClF3N5O2/c1-8-6-13(27-30-8)25-17(29)15-14(20)16-24-11(9-2-4-10(19)5-3-9)7-12(18(21,22)23)28(16)26-15/h2-6,11-12,24H,7H2,1H3,(H,25,27,29). The van der Waals surface area contributed by atoms with Crippen molar-refractivity contribution in [2.45, 2.75) is 31.6 Å². The van der Waals surface area contributed by atoms with Crippen LogP contribution in [0.15, 0.2) is 39.3 Å². The van der Waals surface area contributed by atoms with Crippen molar-refractivity contribution in [1.29, 1.82) is 0 Å². The van der Waals surface area contributed by atoms with Crippen molar-refractivity contribution in [2.75, 3.05) is 10.6 Å². The van der Waals surface area contributed by atoms with Gasteiger partial charge in [-0.15, -0.1) is 0 Å². The molecule has 4 rings (SSSR count). The number of alkyl halides is 3. The van der Waals surface area contributed by atoms with Crippen molar-refractivity contribution < 1.29 is 22.5 Å². The largest absolute Gasteiger partial charge is 0.410 e. The molecular weight excluding hydrogens is 491 g/mol. The summed E-state index contributed by atoms with van der Waals surface area (Å²) in [5.41, 5.74) is 0.311. The average Bonchev–Trinajstić information content (AvgIpc) is 3.24. The van der Waals surface area contributed by atoms with Crippen molar-refractivity contribution in [1.82, 2.24) is 14.9 Å². The second kappa shape index (κ2) is 7.62. The van der Waals surface area contributed by atoms with Crippen LogP contribution in [0.25, 0.3) is 0 Å². The maximum absolute atomic E-state index is 13.8. The Morgan fingerprint density at radius 1 is 1.37 bits per heavy atom. The molecule has 1 aromatic carbocycles. The van der Waals surface area contributed by atoms with Gasteiger partial charge in [-0.1, -0.05) is 44.8 Å². The van der Waals surface area contributed by atoms with Crippen LogP contribution in [0.3, 0.4) is 0 Å². The predicted octanol–water partition coefficient (Wildman–Crippen LogP) is 5.51. The van der Waals surface area contributed by atoms with Crippen LogP contribution in [-0.2, 0) is 0 Å². The van der Waals surface area contributed by atoms with Gasteiger partial charge in [0.1, 0.15) is 16.6 Å². The number of aromatic nitrogens is 3. The number of amides is 1. The smallest absolute Gasteiger partial charge is 0.362 e. The lowest BCUT2D eigenvalue weighted by Crippen LogP contribution is -2.35. The van der Waals surface area contributed by atoms with Crippen molar-refractivity contribution in [3.8, 4) is 0 Å². The zero-order valence-corrected chi connectivity index (χ0v) is 17.6. The number of nitrogens with zero attached hydrogens (tertiary/aromatic N) is 3. The Hall–Kier alpha value is -2.53. The van der Waals surface area contributed by atoms with Crippen LogP contribution in [-0.4, -0.2) is 27.0 Å². The van der Waals surface area contributed by atoms with Crippen LogP contribution in [0.2, 0.25) is 5.02 Å². The van der Waals surface area contributed by atoms with Gasteiger partial charge in [-0.3, -0.25) is 4.79 Å². The monoisotopic (exact) mass is 503 g/mol. The Bertz CT molecular complexity index is 1100. The molecular formula is C18H14BrClF3N5O2. The molecule has 30 heavy (non-hydrogen) atoms. The van der Waals surface area contributed by atoms with Gasteiger partial charge in [0.2, 0.25) is 0 Å². The summed E-state index contributed by atoms with van der Waals surface area (Å²) in [6, 6.07) is 5.77. The van der Waals surface area contributed by atoms with Crippen molar-refractivity contribution in [3.63, 3.8) is 0 Å². The van der Waals surface area contributed by atoms with E-state index in [9.17, 15) is 18.0 Å². The van der Waals surface area contributed by atoms with Crippen molar-refractivity contribution in [2.24, 2.45) is 0 Å². The van der Waals surface area contributed by atoms with Crippen LogP contribution < -0.4 is 10.6 Å². The number of halogens is 5. The number of carbonyl (C=O) groups is 1. The number of aryl methyl sites for hydroxylation is 1. The Morgan fingerprint density at radius 3 is 2.67 bits per heavy atom. The highest BCUT2D eigenvalue weighted by atomic mass is 79.9. The van der Waals surface area contributed by atoms with E-state index in [1.165, 1.54) is 6.07 Å². The molecule has 0 bridgehead atoms. The van der Waals surface area contributed by atoms with E-state index < -0.39 is 24.2 Å². The summed E-state index contributed by atoms with van der Waals surface area (Å²) in [7, 11) is 0. The van der Waals surface area contributed by atoms with E-state index in [0.29, 0.717) is 11.3 Å². The summed E-state index contributed by atoms with van der Waals surface area (Å²) in [6.07, 6.45) is -4.89. The highest BCUT2D eigenvalue weighted by Gasteiger charge is 2.47. The molecule has 158 valence electrons. The minimum Gasteiger partial charge on any atom is -0.362 e. The quantitative estimate of drug-likeness (QED) is 0.491. The lowest BCUT2D eigenvalue weighted by Gasteiger charge is -2.33. The molecule has 1 aliphatic rings. The Kier molecular flexibility index (Phi) is 5.27. The number of nitrogens with one attached hydrogen (secondary N) is 2. The first-order valence-corrected chi connectivity index (χ1v) is 9.92. The molecule has 0 aliphatic carbocycles. The molecule has 12 heteroatoms. The predicted molar refractivity (Wildman–Crippen MR) is 107 cm³/mol. The number of fused-ring (bicyclic) bond motifs is 1. The number of hydrogen-bond donors (Lipinski definition) is 2. The topological polar surface area (TPSA) is 85.0 Å². The number of carbonyl (C=O) groups excluding carboxylic acids is 1. The molecule has 3 aromatic rings. The van der Waals surface area contributed by atoms with E-state index in [2.05, 4.69) is 36.8 Å². The van der Waals surface area contributed by atoms with Gasteiger partial charge >= 0.3 is 6.18 Å².